The molecule has 4 aromatic rings. The van der Waals surface area contributed by atoms with Crippen molar-refractivity contribution in [2.75, 3.05) is 25.1 Å². The van der Waals surface area contributed by atoms with E-state index in [1.54, 1.807) is 37.3 Å². The van der Waals surface area contributed by atoms with Crippen molar-refractivity contribution in [2.45, 2.75) is 57.5 Å². The molecule has 0 saturated carbocycles. The van der Waals surface area contributed by atoms with Crippen LogP contribution in [0.3, 0.4) is 0 Å². The van der Waals surface area contributed by atoms with Crippen LogP contribution in [0.4, 0.5) is 10.3 Å². The van der Waals surface area contributed by atoms with Crippen molar-refractivity contribution in [3.8, 4) is 28.8 Å². The van der Waals surface area contributed by atoms with Crippen LogP contribution in [0.5, 0.6) is 11.5 Å². The van der Waals surface area contributed by atoms with Gasteiger partial charge in [-0.05, 0) is 67.4 Å². The summed E-state index contributed by atoms with van der Waals surface area (Å²) in [5, 5.41) is 28.5. The molecule has 0 bridgehead atoms. The number of aryl methyl sites for hydroxylation is 1. The van der Waals surface area contributed by atoms with Gasteiger partial charge in [0.15, 0.2) is 5.76 Å². The molecule has 0 aliphatic heterocycles. The molecule has 2 N–H and O–H groups in total. The summed E-state index contributed by atoms with van der Waals surface area (Å²) in [6.07, 6.45) is -1.60. The fourth-order valence-electron chi connectivity index (χ4n) is 4.80. The molecule has 0 aliphatic carbocycles. The molecule has 2 aromatic carbocycles. The Labute approximate surface area is 257 Å². The van der Waals surface area contributed by atoms with Gasteiger partial charge in [0, 0.05) is 14.6 Å². The maximum absolute atomic E-state index is 14.5. The first kappa shape index (κ1) is 33.2. The van der Waals surface area contributed by atoms with E-state index in [-0.39, 0.29) is 29.4 Å². The second-order valence-corrected chi connectivity index (χ2v) is 19.5. The second-order valence-electron chi connectivity index (χ2n) is 11.7. The molecule has 0 fully saturated rings. The van der Waals surface area contributed by atoms with Gasteiger partial charge >= 0.3 is 0 Å². The van der Waals surface area contributed by atoms with E-state index >= 15 is 0 Å². The molecule has 0 saturated heterocycles. The molecule has 0 amide bonds. The lowest BCUT2D eigenvalue weighted by Crippen LogP contribution is -2.44. The van der Waals surface area contributed by atoms with Crippen LogP contribution in [-0.4, -0.2) is 67.5 Å². The maximum Gasteiger partial charge on any atom is 0.246 e. The molecule has 14 heteroatoms. The van der Waals surface area contributed by atoms with Gasteiger partial charge in [0.1, 0.15) is 34.0 Å². The van der Waals surface area contributed by atoms with E-state index in [2.05, 4.69) is 29.8 Å². The van der Waals surface area contributed by atoms with Gasteiger partial charge in [-0.2, -0.15) is 0 Å². The summed E-state index contributed by atoms with van der Waals surface area (Å²) >= 11 is 0. The Hall–Kier alpha value is -3.72. The number of para-hydroxylation sites is 1. The Morgan fingerprint density at radius 2 is 1.73 bits per heavy atom. The lowest BCUT2D eigenvalue weighted by molar-refractivity contribution is 0.171. The Bertz CT molecular complexity index is 1700. The van der Waals surface area contributed by atoms with E-state index in [4.69, 9.17) is 13.9 Å². The van der Waals surface area contributed by atoms with Crippen molar-refractivity contribution >= 4 is 24.0 Å². The van der Waals surface area contributed by atoms with Gasteiger partial charge in [0.25, 0.3) is 0 Å². The minimum absolute atomic E-state index is 0.0399. The predicted molar refractivity (Wildman–Crippen MR) is 168 cm³/mol. The molecule has 2 aromatic heterocycles. The van der Waals surface area contributed by atoms with Crippen LogP contribution in [0.2, 0.25) is 25.7 Å². The zero-order valence-electron chi connectivity index (χ0n) is 25.9. The third kappa shape index (κ3) is 6.67. The van der Waals surface area contributed by atoms with Gasteiger partial charge in [0.05, 0.1) is 26.9 Å². The highest BCUT2D eigenvalue weighted by molar-refractivity contribution is 7.93. The molecule has 0 radical (unpaired) electrons. The quantitative estimate of drug-likeness (QED) is 0.190. The van der Waals surface area contributed by atoms with E-state index in [1.807, 2.05) is 0 Å². The summed E-state index contributed by atoms with van der Waals surface area (Å²) in [7, 11) is -3.26. The Kier molecular flexibility index (Phi) is 9.88. The number of nitrogens with zero attached hydrogens (tertiary/aromatic N) is 4. The molecule has 44 heavy (non-hydrogen) atoms. The Balaban J connectivity index is 1.97. The van der Waals surface area contributed by atoms with E-state index in [9.17, 15) is 23.0 Å². The number of hydrogen-bond donors (Lipinski definition) is 2. The fraction of sp³-hybridized carbons (Fsp3) is 0.400. The van der Waals surface area contributed by atoms with Gasteiger partial charge in [-0.1, -0.05) is 31.8 Å². The van der Waals surface area contributed by atoms with E-state index in [0.717, 1.165) is 16.4 Å². The van der Waals surface area contributed by atoms with Gasteiger partial charge < -0.3 is 24.1 Å². The standard InChI is InChI=1S/C30H39FN4O7SSi/c1-19-11-14-26(42-19)29-32-33-30(35(29)27-24(40-3)9-8-10-25(27)41-4)34(15-16-44(5,6)7)43(38,39)20(2)28(37)23-13-12-22(31)17-21(23)18-36/h8-14,17,20,28,36-37H,15-16,18H2,1-7H3/t20-,28+/m0/s1. The topological polar surface area (TPSA) is 140 Å². The third-order valence-corrected chi connectivity index (χ3v) is 11.2. The summed E-state index contributed by atoms with van der Waals surface area (Å²) in [6, 6.07) is 12.6. The molecular weight excluding hydrogens is 608 g/mol. The van der Waals surface area contributed by atoms with Crippen molar-refractivity contribution in [2.24, 2.45) is 0 Å². The van der Waals surface area contributed by atoms with E-state index in [1.165, 1.54) is 31.8 Å². The van der Waals surface area contributed by atoms with Crippen LogP contribution in [-0.2, 0) is 16.6 Å². The van der Waals surface area contributed by atoms with Crippen molar-refractivity contribution in [3.05, 3.63) is 71.2 Å². The van der Waals surface area contributed by atoms with E-state index < -0.39 is 41.9 Å². The average Bonchev–Trinajstić information content (AvgIpc) is 3.61. The third-order valence-electron chi connectivity index (χ3n) is 7.34. The minimum atomic E-state index is -4.40. The highest BCUT2D eigenvalue weighted by Gasteiger charge is 2.40. The van der Waals surface area contributed by atoms with Gasteiger partial charge in [-0.25, -0.2) is 17.1 Å². The molecule has 0 aliphatic rings. The number of methoxy groups -OCH3 is 2. The molecule has 11 nitrogen and oxygen atoms in total. The average molecular weight is 647 g/mol. The number of furan rings is 1. The Morgan fingerprint density at radius 3 is 2.27 bits per heavy atom. The summed E-state index contributed by atoms with van der Waals surface area (Å²) in [6.45, 7) is 8.96. The monoisotopic (exact) mass is 646 g/mol. The number of sulfonamides is 1. The predicted octanol–water partition coefficient (Wildman–Crippen LogP) is 5.08. The lowest BCUT2D eigenvalue weighted by atomic mass is 10.0. The number of aliphatic hydroxyl groups is 2. The summed E-state index contributed by atoms with van der Waals surface area (Å²) < 4.78 is 62.9. The number of anilines is 1. The molecule has 4 rings (SSSR count). The van der Waals surface area contributed by atoms with Gasteiger partial charge in [-0.15, -0.1) is 10.2 Å². The smallest absolute Gasteiger partial charge is 0.246 e. The SMILES string of the molecule is COc1cccc(OC)c1-n1c(-c2ccc(C)o2)nnc1N(CC[Si](C)(C)C)S(=O)(=O)[C@@H](C)[C@@H](O)c1ccc(F)cc1CO. The normalized spacial score (nSPS) is 13.5. The number of aliphatic hydroxyl groups excluding tert-OH is 2. The highest BCUT2D eigenvalue weighted by atomic mass is 32.2. The molecular formula is C30H39FN4O7SSi. The van der Waals surface area contributed by atoms with Gasteiger partial charge in [0.2, 0.25) is 21.8 Å². The van der Waals surface area contributed by atoms with Crippen LogP contribution in [0.1, 0.15) is 29.9 Å². The van der Waals surface area contributed by atoms with Crippen LogP contribution in [0.15, 0.2) is 52.9 Å². The molecule has 2 atom stereocenters. The van der Waals surface area contributed by atoms with Crippen LogP contribution < -0.4 is 13.8 Å². The first-order valence-electron chi connectivity index (χ1n) is 14.1. The fourth-order valence-corrected chi connectivity index (χ4v) is 7.43. The molecule has 2 heterocycles. The molecule has 0 spiro atoms. The number of benzene rings is 2. The largest absolute Gasteiger partial charge is 0.494 e. The number of hydrogen-bond acceptors (Lipinski definition) is 9. The first-order chi connectivity index (χ1) is 20.7. The number of ether oxygens (including phenoxy) is 2. The number of aromatic nitrogens is 3. The summed E-state index contributed by atoms with van der Waals surface area (Å²) in [4.78, 5) is 0. The zero-order valence-corrected chi connectivity index (χ0v) is 27.7. The van der Waals surface area contributed by atoms with Crippen molar-refractivity contribution < 1.29 is 36.9 Å². The number of rotatable bonds is 13. The highest BCUT2D eigenvalue weighted by Crippen LogP contribution is 2.40. The number of halogens is 1. The van der Waals surface area contributed by atoms with E-state index in [0.29, 0.717) is 34.8 Å². The van der Waals surface area contributed by atoms with Crippen molar-refractivity contribution in [1.82, 2.24) is 14.8 Å². The van der Waals surface area contributed by atoms with Crippen molar-refractivity contribution in [3.63, 3.8) is 0 Å². The minimum Gasteiger partial charge on any atom is -0.494 e. The second kappa shape index (κ2) is 13.1. The van der Waals surface area contributed by atoms with Crippen LogP contribution in [0, 0.1) is 12.7 Å². The summed E-state index contributed by atoms with van der Waals surface area (Å²) in [5.41, 5.74) is 0.546. The molecule has 238 valence electrons. The maximum atomic E-state index is 14.5. The lowest BCUT2D eigenvalue weighted by Gasteiger charge is -2.31. The van der Waals surface area contributed by atoms with Crippen molar-refractivity contribution in [1.29, 1.82) is 0 Å². The zero-order chi connectivity index (χ0) is 32.4. The summed E-state index contributed by atoms with van der Waals surface area (Å²) in [5.74, 6) is 1.21. The van der Waals surface area contributed by atoms with Crippen LogP contribution in [0.25, 0.3) is 17.3 Å². The first-order valence-corrected chi connectivity index (χ1v) is 19.3. The van der Waals surface area contributed by atoms with Crippen LogP contribution >= 0.6 is 0 Å². The molecule has 0 unspecified atom stereocenters. The Morgan fingerprint density at radius 1 is 1.07 bits per heavy atom. The van der Waals surface area contributed by atoms with Gasteiger partial charge in [-0.3, -0.25) is 4.57 Å².